The molecule has 0 amide bonds. The van der Waals surface area contributed by atoms with Gasteiger partial charge in [-0.15, -0.1) is 12.6 Å². The Bertz CT molecular complexity index is 4470. The summed E-state index contributed by atoms with van der Waals surface area (Å²) in [4.78, 5) is 23.3. The van der Waals surface area contributed by atoms with Crippen molar-refractivity contribution in [1.82, 2.24) is 4.90 Å². The normalized spacial score (nSPS) is 13.6. The molecule has 0 aromatic heterocycles. The molecule has 0 N–H and O–H groups in total. The Morgan fingerprint density at radius 1 is 0.351 bits per heavy atom. The molecule has 0 fully saturated rings. The molecule has 13 heteroatoms. The van der Waals surface area contributed by atoms with Crippen LogP contribution in [-0.4, -0.2) is 86.0 Å². The van der Waals surface area contributed by atoms with Crippen molar-refractivity contribution in [2.24, 2.45) is 16.2 Å². The van der Waals surface area contributed by atoms with Crippen LogP contribution in [-0.2, 0) is 44.4 Å². The van der Waals surface area contributed by atoms with Crippen molar-refractivity contribution in [3.05, 3.63) is 320 Å². The molecule has 0 bridgehead atoms. The minimum Gasteiger partial charge on any atom is -1.00 e. The smallest absolute Gasteiger partial charge is 1.00 e. The minimum absolute atomic E-state index is 0. The Balaban J connectivity index is 0.00000102. The van der Waals surface area contributed by atoms with Crippen molar-refractivity contribution in [3.63, 3.8) is 0 Å². The van der Waals surface area contributed by atoms with E-state index in [9.17, 15) is 9.59 Å². The third-order valence-electron chi connectivity index (χ3n) is 25.2. The number of benzene rings is 8. The summed E-state index contributed by atoms with van der Waals surface area (Å²) in [6.45, 7) is 48.1. The zero-order chi connectivity index (χ0) is 97.2. The molecule has 8 aromatic carbocycles. The van der Waals surface area contributed by atoms with Crippen LogP contribution in [0.25, 0.3) is 0 Å². The van der Waals surface area contributed by atoms with Crippen LogP contribution < -0.4 is 85.3 Å². The molecule has 0 aliphatic rings. The fourth-order valence-electron chi connectivity index (χ4n) is 18.0. The van der Waals surface area contributed by atoms with Gasteiger partial charge < -0.3 is 47.8 Å². The maximum absolute atomic E-state index is 11.8. The van der Waals surface area contributed by atoms with Gasteiger partial charge in [0.2, 0.25) is 0 Å². The van der Waals surface area contributed by atoms with Gasteiger partial charge in [0.25, 0.3) is 0 Å². The Kier molecular flexibility index (Phi) is 67.2. The number of carbonyl (C=O) groups is 2. The Morgan fingerprint density at radius 2 is 0.575 bits per heavy atom. The maximum Gasteiger partial charge on any atom is 1.00 e. The van der Waals surface area contributed by atoms with Gasteiger partial charge in [0.1, 0.15) is 13.1 Å². The van der Waals surface area contributed by atoms with Gasteiger partial charge in [-0.2, -0.15) is 0 Å². The van der Waals surface area contributed by atoms with Crippen molar-refractivity contribution in [3.8, 4) is 0 Å². The quantitative estimate of drug-likeness (QED) is 0.0136. The zero-order valence-electron chi connectivity index (χ0n) is 88.5. The van der Waals surface area contributed by atoms with E-state index in [2.05, 4.69) is 456 Å². The van der Waals surface area contributed by atoms with Crippen LogP contribution in [0.2, 0.25) is 0 Å². The number of unbranched alkanes of at least 4 members (excludes halogenated alkanes) is 3. The largest absolute Gasteiger partial charge is 1.00 e. The molecule has 738 valence electrons. The van der Waals surface area contributed by atoms with Crippen molar-refractivity contribution in [1.29, 1.82) is 0 Å². The van der Waals surface area contributed by atoms with Gasteiger partial charge in [-0.05, 0) is 255 Å². The van der Waals surface area contributed by atoms with E-state index in [1.807, 2.05) is 0 Å². The third-order valence-corrected chi connectivity index (χ3v) is 28.1. The van der Waals surface area contributed by atoms with Crippen LogP contribution in [0.1, 0.15) is 382 Å². The van der Waals surface area contributed by atoms with Crippen LogP contribution >= 0.6 is 72.2 Å². The van der Waals surface area contributed by atoms with Gasteiger partial charge in [-0.3, -0.25) is 9.59 Å². The number of quaternary nitrogens is 2. The van der Waals surface area contributed by atoms with E-state index in [1.54, 1.807) is 6.92 Å². The summed E-state index contributed by atoms with van der Waals surface area (Å²) in [7, 11) is 13.7. The predicted octanol–water partition coefficient (Wildman–Crippen LogP) is 27.2. The fourth-order valence-corrected chi connectivity index (χ4v) is 19.7. The number of hydrogen-bond donors (Lipinski definition) is 1. The molecule has 0 radical (unpaired) electrons. The number of nitrogens with zero attached hydrogens (tertiary/aromatic N) is 3. The number of thiol groups is 1. The molecule has 5 nitrogen and oxygen atoms in total. The number of alkyl halides is 3. The molecular weight excluding hydrogens is 2030 g/mol. The number of allylic oxidation sites excluding steroid dienone is 3. The van der Waals surface area contributed by atoms with Gasteiger partial charge in [0.15, 0.2) is 10.2 Å². The summed E-state index contributed by atoms with van der Waals surface area (Å²) in [6.07, 6.45) is 37.5. The second kappa shape index (κ2) is 69.8. The van der Waals surface area contributed by atoms with Gasteiger partial charge in [0, 0.05) is 66.1 Å². The van der Waals surface area contributed by atoms with Crippen molar-refractivity contribution in [2.75, 3.05) is 61.9 Å². The van der Waals surface area contributed by atoms with Crippen LogP contribution in [0.4, 0.5) is 0 Å². The Hall–Kier alpha value is -3.06. The van der Waals surface area contributed by atoms with E-state index < -0.39 is 0 Å². The van der Waals surface area contributed by atoms with E-state index >= 15 is 0 Å². The van der Waals surface area contributed by atoms with Crippen LogP contribution in [0.5, 0.6) is 0 Å². The summed E-state index contributed by atoms with van der Waals surface area (Å²) in [5, 5.41) is 2.75. The molecule has 0 saturated carbocycles. The van der Waals surface area contributed by atoms with Crippen molar-refractivity contribution >= 4 is 82.4 Å². The average molecular weight is 2210 g/mol. The van der Waals surface area contributed by atoms with E-state index in [-0.39, 0.29) is 106 Å². The number of halogens is 5. The Labute approximate surface area is 920 Å². The molecule has 0 saturated heterocycles. The number of rotatable bonds is 48. The molecule has 8 unspecified atom stereocenters. The third kappa shape index (κ3) is 56.1. The summed E-state index contributed by atoms with van der Waals surface area (Å²) in [6, 6.07) is 75.2. The number of carbonyl (C=O) groups excluding carboxylic acids is 2. The first-order chi connectivity index (χ1) is 62.1. The predicted molar refractivity (Wildman–Crippen MR) is 595 cm³/mol. The maximum atomic E-state index is 11.8. The van der Waals surface area contributed by atoms with E-state index in [0.29, 0.717) is 52.8 Å². The molecule has 134 heavy (non-hydrogen) atoms. The van der Waals surface area contributed by atoms with Gasteiger partial charge in [0.05, 0.1) is 41.3 Å². The second-order valence-electron chi connectivity index (χ2n) is 42.8. The molecule has 0 aliphatic carbocycles. The second-order valence-corrected chi connectivity index (χ2v) is 46.3. The van der Waals surface area contributed by atoms with Gasteiger partial charge >= 0.3 is 51.4 Å². The van der Waals surface area contributed by atoms with Crippen molar-refractivity contribution < 1.29 is 104 Å². The molecular formula is C121H180Br5KN3O2S2+. The first-order valence-electron chi connectivity index (χ1n) is 50.0. The standard InChI is InChI=1S/C53H73BrNOS.C42H61BrN.C15H23Br.C9H19N.C2H4OS.2BrH.K/c1-10-12-13-14-15-32-55(8,9)38-43-20-28-49(29-21-43)52(36-53(5,6)7)35-51(47-26-18-42(37-54)19-27-47)34-50(33-45(11-2)46-24-16-40(3)17-25-46)48-30-22-44(23-31-48)39-57-41(4)56;1-9-11-12-13-14-27-44(7,8)32-35-19-25-39(26-20-35)41(30-42(4,5)6)29-40(38-23-17-34(31-43)18-24-38)28-36(10-2)37-21-15-33(3)16-22-37;1-5-13(10-15(2,3)4)14-8-6-12(11-16)7-9-14;1-4-5-6-7-8-9-10(2)3;1-2(3)4;;;/h13-14,16-31,45,50-52H,10-12,15,32-39H2,1-9H3;12-13,15-26,36,40-41H,9-11,14,27-32H2,1-8H3;6-9,13H,5,10-11H2,1-4H3;6-7H,4-5,8-9H2,1-3H3;1H3,(H,3,4);2*1H;/q2*+1;;;;;;+1/p-2/b14-13+;13-12+;;7-6+;;;;. The van der Waals surface area contributed by atoms with Crippen molar-refractivity contribution in [2.45, 2.75) is 342 Å². The van der Waals surface area contributed by atoms with E-state index in [4.69, 9.17) is 0 Å². The monoisotopic (exact) mass is 2200 g/mol. The molecule has 8 aromatic rings. The molecule has 8 rings (SSSR count). The number of aryl methyl sites for hydroxylation is 2. The van der Waals surface area contributed by atoms with Gasteiger partial charge in [-0.25, -0.2) is 0 Å². The average Bonchev–Trinajstić information content (AvgIpc) is 0.820. The van der Waals surface area contributed by atoms with Gasteiger partial charge in [-0.1, -0.05) is 424 Å². The SMILES string of the molecule is CC(=O)S.CCC(CC(C)(C)C)c1ccc(CBr)cc1.CCC/C=C/CCN(C)C.CCC/C=C/CC[N+](C)(C)Cc1ccc(C(CC(CC(CC(CC)c2ccc(C)cc2)c2ccc(CSC(C)=O)cc2)c2ccc(CBr)cc2)CC(C)(C)C)cc1.CCC/C=C/CC[N+](C)(C)Cc1ccc(C(CC(CC(CC)c2ccc(C)cc2)c2ccc(CBr)cc2)CC(C)(C)C)cc1.[Br-].[Br-].[K+]. The van der Waals surface area contributed by atoms with Crippen LogP contribution in [0.3, 0.4) is 0 Å². The van der Waals surface area contributed by atoms with E-state index in [0.717, 1.165) is 95.3 Å². The number of hydrogen-bond acceptors (Lipinski definition) is 4. The summed E-state index contributed by atoms with van der Waals surface area (Å²) >= 11 is 15.6. The summed E-state index contributed by atoms with van der Waals surface area (Å²) in [5.41, 5.74) is 23.4. The summed E-state index contributed by atoms with van der Waals surface area (Å²) < 4.78 is 2.01. The Morgan fingerprint density at radius 3 is 0.836 bits per heavy atom. The molecule has 0 spiro atoms. The zero-order valence-corrected chi connectivity index (χ0v) is 101. The van der Waals surface area contributed by atoms with Crippen LogP contribution in [0, 0.1) is 30.1 Å². The number of thioether (sulfide) groups is 1. The minimum atomic E-state index is -0.139. The first-order valence-corrected chi connectivity index (χ1v) is 54.8. The molecule has 8 atom stereocenters. The molecule has 0 aliphatic heterocycles. The molecule has 0 heterocycles. The topological polar surface area (TPSA) is 37.4 Å². The van der Waals surface area contributed by atoms with Crippen LogP contribution in [0.15, 0.2) is 231 Å². The fraction of sp³-hybridized carbons (Fsp3) is 0.537. The summed E-state index contributed by atoms with van der Waals surface area (Å²) in [5.74, 6) is 4.72. The first kappa shape index (κ1) is 129. The van der Waals surface area contributed by atoms with E-state index in [1.165, 1.54) is 204 Å².